The van der Waals surface area contributed by atoms with Gasteiger partial charge in [-0.15, -0.1) is 0 Å². The first-order valence-electron chi connectivity index (χ1n) is 9.73. The summed E-state index contributed by atoms with van der Waals surface area (Å²) in [4.78, 5) is 14.8. The van der Waals surface area contributed by atoms with Gasteiger partial charge in [0, 0.05) is 18.1 Å². The Labute approximate surface area is 187 Å². The highest BCUT2D eigenvalue weighted by Crippen LogP contribution is 2.40. The van der Waals surface area contributed by atoms with Crippen LogP contribution >= 0.6 is 27.5 Å². The van der Waals surface area contributed by atoms with Gasteiger partial charge in [-0.1, -0.05) is 23.7 Å². The van der Waals surface area contributed by atoms with E-state index in [0.717, 1.165) is 11.3 Å². The summed E-state index contributed by atoms with van der Waals surface area (Å²) in [6.45, 7) is 1.33. The predicted molar refractivity (Wildman–Crippen MR) is 116 cm³/mol. The molecule has 1 unspecified atom stereocenters. The molecule has 5 nitrogen and oxygen atoms in total. The van der Waals surface area contributed by atoms with Crippen LogP contribution in [0.3, 0.4) is 0 Å². The molecule has 1 saturated heterocycles. The number of carbonyl (C=O) groups excluding carboxylic acids is 1. The van der Waals surface area contributed by atoms with Gasteiger partial charge < -0.3 is 15.0 Å². The molecular formula is C22H20BrClFN3O2. The zero-order valence-corrected chi connectivity index (χ0v) is 18.5. The van der Waals surface area contributed by atoms with Crippen molar-refractivity contribution >= 4 is 39.1 Å². The number of nitriles is 1. The lowest BCUT2D eigenvalue weighted by Crippen LogP contribution is -2.51. The number of benzene rings is 2. The van der Waals surface area contributed by atoms with Crippen molar-refractivity contribution in [3.63, 3.8) is 0 Å². The summed E-state index contributed by atoms with van der Waals surface area (Å²) in [5.41, 5.74) is 1.13. The van der Waals surface area contributed by atoms with Crippen molar-refractivity contribution in [3.8, 4) is 11.8 Å². The van der Waals surface area contributed by atoms with Crippen molar-refractivity contribution in [2.45, 2.75) is 25.4 Å². The molecule has 1 fully saturated rings. The number of rotatable bonds is 3. The Morgan fingerprint density at radius 3 is 2.70 bits per heavy atom. The summed E-state index contributed by atoms with van der Waals surface area (Å²) >= 11 is 9.49. The highest BCUT2D eigenvalue weighted by Gasteiger charge is 2.39. The minimum atomic E-state index is -0.637. The van der Waals surface area contributed by atoms with Gasteiger partial charge in [0.25, 0.3) is 5.91 Å². The minimum absolute atomic E-state index is 0.0941. The van der Waals surface area contributed by atoms with Crippen LogP contribution in [0.2, 0.25) is 5.02 Å². The van der Waals surface area contributed by atoms with Crippen LogP contribution in [0.15, 0.2) is 40.9 Å². The third kappa shape index (κ3) is 4.26. The van der Waals surface area contributed by atoms with Crippen LogP contribution in [0.5, 0.6) is 5.75 Å². The van der Waals surface area contributed by atoms with E-state index < -0.39 is 11.5 Å². The van der Waals surface area contributed by atoms with Crippen LogP contribution in [0.4, 0.5) is 10.1 Å². The number of ether oxygens (including phenoxy) is 1. The van der Waals surface area contributed by atoms with E-state index in [2.05, 4.69) is 27.3 Å². The van der Waals surface area contributed by atoms with Crippen LogP contribution in [0.25, 0.3) is 0 Å². The number of hydrogen-bond acceptors (Lipinski definition) is 4. The molecule has 2 aliphatic rings. The molecular weight excluding hydrogens is 473 g/mol. The topological polar surface area (TPSA) is 65.4 Å². The Bertz CT molecular complexity index is 1000. The molecule has 0 aliphatic carbocycles. The zero-order valence-electron chi connectivity index (χ0n) is 16.1. The molecule has 1 amide bonds. The van der Waals surface area contributed by atoms with E-state index in [9.17, 15) is 14.4 Å². The molecule has 156 valence electrons. The van der Waals surface area contributed by atoms with Crippen molar-refractivity contribution in [2.24, 2.45) is 5.41 Å². The van der Waals surface area contributed by atoms with Gasteiger partial charge in [0.1, 0.15) is 5.82 Å². The van der Waals surface area contributed by atoms with Crippen molar-refractivity contribution in [2.75, 3.05) is 25.0 Å². The number of amides is 1. The van der Waals surface area contributed by atoms with E-state index >= 15 is 0 Å². The normalized spacial score (nSPS) is 19.8. The quantitative estimate of drug-likeness (QED) is 0.669. The molecule has 1 atom stereocenters. The average Bonchev–Trinajstić information content (AvgIpc) is 2.75. The third-order valence-corrected chi connectivity index (χ3v) is 6.55. The van der Waals surface area contributed by atoms with Gasteiger partial charge in [0.2, 0.25) is 0 Å². The molecule has 30 heavy (non-hydrogen) atoms. The Hall–Kier alpha value is -2.30. The molecule has 0 saturated carbocycles. The summed E-state index contributed by atoms with van der Waals surface area (Å²) < 4.78 is 19.8. The second kappa shape index (κ2) is 8.44. The van der Waals surface area contributed by atoms with Gasteiger partial charge in [0.05, 0.1) is 28.2 Å². The molecule has 2 heterocycles. The molecule has 0 bridgehead atoms. The molecule has 2 aromatic rings. The van der Waals surface area contributed by atoms with E-state index in [-0.39, 0.29) is 11.7 Å². The number of halogens is 3. The number of fused-ring (bicyclic) bond motifs is 1. The molecule has 4 rings (SSSR count). The Morgan fingerprint density at radius 2 is 2.03 bits per heavy atom. The summed E-state index contributed by atoms with van der Waals surface area (Å²) in [6, 6.07) is 12.2. The van der Waals surface area contributed by atoms with E-state index in [0.29, 0.717) is 54.1 Å². The first-order valence-corrected chi connectivity index (χ1v) is 10.9. The summed E-state index contributed by atoms with van der Waals surface area (Å²) in [5, 5.41) is 13.6. The van der Waals surface area contributed by atoms with Gasteiger partial charge >= 0.3 is 0 Å². The molecule has 8 heteroatoms. The van der Waals surface area contributed by atoms with Gasteiger partial charge in [0.15, 0.2) is 11.9 Å². The lowest BCUT2D eigenvalue weighted by Gasteiger charge is -2.39. The number of hydrogen-bond donors (Lipinski definition) is 1. The summed E-state index contributed by atoms with van der Waals surface area (Å²) in [5.74, 6) is 0.189. The maximum absolute atomic E-state index is 13.2. The predicted octanol–water partition coefficient (Wildman–Crippen LogP) is 4.79. The first-order chi connectivity index (χ1) is 14.4. The molecule has 0 spiro atoms. The van der Waals surface area contributed by atoms with Gasteiger partial charge in [-0.05, 0) is 65.0 Å². The van der Waals surface area contributed by atoms with Crippen LogP contribution in [-0.4, -0.2) is 36.5 Å². The van der Waals surface area contributed by atoms with Gasteiger partial charge in [-0.3, -0.25) is 4.79 Å². The SMILES string of the molecule is N#CC1(Cc2ccc(F)cc2)CCN(C(=O)C2CNc3cc(Cl)cc(Br)c3O2)CC1. The lowest BCUT2D eigenvalue weighted by atomic mass is 9.75. The van der Waals surface area contributed by atoms with Crippen LogP contribution < -0.4 is 10.1 Å². The fourth-order valence-corrected chi connectivity index (χ4v) is 4.92. The highest BCUT2D eigenvalue weighted by atomic mass is 79.9. The number of piperidine rings is 1. The van der Waals surface area contributed by atoms with E-state index in [4.69, 9.17) is 16.3 Å². The molecule has 2 aromatic carbocycles. The highest BCUT2D eigenvalue weighted by molar-refractivity contribution is 9.10. The van der Waals surface area contributed by atoms with Crippen LogP contribution in [0, 0.1) is 22.6 Å². The summed E-state index contributed by atoms with van der Waals surface area (Å²) in [7, 11) is 0. The van der Waals surface area contributed by atoms with Crippen molar-refractivity contribution in [3.05, 3.63) is 57.3 Å². The molecule has 1 N–H and O–H groups in total. The van der Waals surface area contributed by atoms with Gasteiger partial charge in [-0.2, -0.15) is 5.26 Å². The Balaban J connectivity index is 1.40. The molecule has 0 radical (unpaired) electrons. The van der Waals surface area contributed by atoms with Crippen molar-refractivity contribution in [1.29, 1.82) is 5.26 Å². The maximum atomic E-state index is 13.2. The smallest absolute Gasteiger partial charge is 0.265 e. The van der Waals surface area contributed by atoms with Crippen molar-refractivity contribution in [1.82, 2.24) is 4.90 Å². The maximum Gasteiger partial charge on any atom is 0.265 e. The largest absolute Gasteiger partial charge is 0.475 e. The molecule has 2 aliphatic heterocycles. The van der Waals surface area contributed by atoms with Gasteiger partial charge in [-0.25, -0.2) is 4.39 Å². The first kappa shape index (κ1) is 21.0. The second-order valence-electron chi connectivity index (χ2n) is 7.77. The number of nitrogens with one attached hydrogen (secondary N) is 1. The average molecular weight is 493 g/mol. The van der Waals surface area contributed by atoms with Crippen LogP contribution in [-0.2, 0) is 11.2 Å². The standard InChI is InChI=1S/C22H20BrClFN3O2/c23-17-9-15(24)10-18-20(17)30-19(12-27-18)21(29)28-7-5-22(13-26,6-8-28)11-14-1-3-16(25)4-2-14/h1-4,9-10,19,27H,5-8,11-12H2. The lowest BCUT2D eigenvalue weighted by molar-refractivity contribution is -0.140. The van der Waals surface area contributed by atoms with E-state index in [1.165, 1.54) is 12.1 Å². The molecule has 0 aromatic heterocycles. The minimum Gasteiger partial charge on any atom is -0.475 e. The number of carbonyl (C=O) groups is 1. The number of anilines is 1. The monoisotopic (exact) mass is 491 g/mol. The second-order valence-corrected chi connectivity index (χ2v) is 9.06. The van der Waals surface area contributed by atoms with Crippen molar-refractivity contribution < 1.29 is 13.9 Å². The third-order valence-electron chi connectivity index (χ3n) is 5.75. The van der Waals surface area contributed by atoms with Crippen LogP contribution in [0.1, 0.15) is 18.4 Å². The van der Waals surface area contributed by atoms with E-state index in [1.807, 2.05) is 0 Å². The number of likely N-dealkylation sites (tertiary alicyclic amines) is 1. The fourth-order valence-electron chi connectivity index (χ4n) is 4.02. The number of nitrogens with zero attached hydrogens (tertiary/aromatic N) is 2. The fraction of sp³-hybridized carbons (Fsp3) is 0.364. The zero-order chi connectivity index (χ0) is 21.3. The summed E-state index contributed by atoms with van der Waals surface area (Å²) in [6.07, 6.45) is 1.06. The Morgan fingerprint density at radius 1 is 1.33 bits per heavy atom. The van der Waals surface area contributed by atoms with E-state index in [1.54, 1.807) is 29.2 Å². The Kier molecular flexibility index (Phi) is 5.90.